The summed E-state index contributed by atoms with van der Waals surface area (Å²) in [6, 6.07) is 0. The number of carbonyl (C=O) groups excluding carboxylic acids is 1. The third kappa shape index (κ3) is 3.93. The van der Waals surface area contributed by atoms with Crippen LogP contribution in [0, 0.1) is 5.41 Å². The van der Waals surface area contributed by atoms with Crippen molar-refractivity contribution in [2.45, 2.75) is 45.6 Å². The van der Waals surface area contributed by atoms with Gasteiger partial charge in [-0.15, -0.1) is 0 Å². The Labute approximate surface area is 89.0 Å². The fourth-order valence-corrected chi connectivity index (χ4v) is 1.99. The van der Waals surface area contributed by atoms with E-state index in [1.807, 2.05) is 0 Å². The average Bonchev–Trinajstić information content (AvgIpc) is 2.07. The lowest BCUT2D eigenvalue weighted by molar-refractivity contribution is 0.0590. The molecule has 0 heterocycles. The van der Waals surface area contributed by atoms with Crippen molar-refractivity contribution in [2.75, 3.05) is 0 Å². The van der Waals surface area contributed by atoms with Crippen molar-refractivity contribution >= 4 is 13.3 Å². The summed E-state index contributed by atoms with van der Waals surface area (Å²) in [5, 5.41) is 0. The maximum Gasteiger partial charge on any atom is 0.433 e. The van der Waals surface area contributed by atoms with E-state index in [1.165, 1.54) is 0 Å². The third-order valence-electron chi connectivity index (χ3n) is 2.79. The largest absolute Gasteiger partial charge is 0.453 e. The first-order valence-corrected chi connectivity index (χ1v) is 6.59. The average molecular weight is 236 g/mol. The standard InChI is InChI=1S/C9H17O5P/c1-9(2)5-3-7(4-6-9)14-8(10)15(11,12)13/h7H,3-6H2,1-2H3,(H2,11,12,13). The Kier molecular flexibility index (Phi) is 3.59. The molecular formula is C9H17O5P. The Bertz CT molecular complexity index is 283. The van der Waals surface area contributed by atoms with Crippen LogP contribution in [0.25, 0.3) is 0 Å². The van der Waals surface area contributed by atoms with Crippen LogP contribution >= 0.6 is 7.60 Å². The number of hydrogen-bond acceptors (Lipinski definition) is 3. The number of ether oxygens (including phenoxy) is 1. The van der Waals surface area contributed by atoms with Gasteiger partial charge < -0.3 is 14.5 Å². The van der Waals surface area contributed by atoms with Crippen LogP contribution in [0.1, 0.15) is 39.5 Å². The van der Waals surface area contributed by atoms with Crippen molar-refractivity contribution in [3.05, 3.63) is 0 Å². The van der Waals surface area contributed by atoms with Crippen molar-refractivity contribution in [1.82, 2.24) is 0 Å². The molecule has 0 bridgehead atoms. The van der Waals surface area contributed by atoms with Crippen LogP contribution in [0.15, 0.2) is 0 Å². The van der Waals surface area contributed by atoms with Crippen LogP contribution in [0.4, 0.5) is 4.79 Å². The minimum Gasteiger partial charge on any atom is -0.453 e. The number of carbonyl (C=O) groups is 1. The molecular weight excluding hydrogens is 219 g/mol. The highest BCUT2D eigenvalue weighted by atomic mass is 31.2. The third-order valence-corrected chi connectivity index (χ3v) is 3.37. The van der Waals surface area contributed by atoms with Crippen LogP contribution in [0.5, 0.6) is 0 Å². The predicted octanol–water partition coefficient (Wildman–Crippen LogP) is 2.27. The molecule has 15 heavy (non-hydrogen) atoms. The van der Waals surface area contributed by atoms with E-state index in [0.717, 1.165) is 12.8 Å². The van der Waals surface area contributed by atoms with E-state index in [-0.39, 0.29) is 11.5 Å². The van der Waals surface area contributed by atoms with Gasteiger partial charge in [-0.1, -0.05) is 13.8 Å². The van der Waals surface area contributed by atoms with Crippen LogP contribution in [-0.2, 0) is 9.30 Å². The quantitative estimate of drug-likeness (QED) is 0.718. The first-order chi connectivity index (χ1) is 6.71. The monoisotopic (exact) mass is 236 g/mol. The smallest absolute Gasteiger partial charge is 0.433 e. The zero-order chi connectivity index (χ0) is 11.7. The maximum absolute atomic E-state index is 10.9. The van der Waals surface area contributed by atoms with Gasteiger partial charge in [0.05, 0.1) is 0 Å². The maximum atomic E-state index is 10.9. The Hall–Kier alpha value is -0.380. The van der Waals surface area contributed by atoms with Crippen molar-refractivity contribution in [3.8, 4) is 0 Å². The molecule has 0 spiro atoms. The molecule has 0 aromatic carbocycles. The first kappa shape index (κ1) is 12.7. The van der Waals surface area contributed by atoms with Crippen molar-refractivity contribution < 1.29 is 23.9 Å². The van der Waals surface area contributed by atoms with Gasteiger partial charge in [-0.3, -0.25) is 0 Å². The molecule has 0 aromatic rings. The minimum absolute atomic E-state index is 0.241. The van der Waals surface area contributed by atoms with Crippen LogP contribution in [-0.4, -0.2) is 21.6 Å². The Morgan fingerprint density at radius 3 is 2.20 bits per heavy atom. The van der Waals surface area contributed by atoms with Crippen LogP contribution in [0.3, 0.4) is 0 Å². The molecule has 1 fully saturated rings. The summed E-state index contributed by atoms with van der Waals surface area (Å²) >= 11 is 0. The summed E-state index contributed by atoms with van der Waals surface area (Å²) in [7, 11) is -4.72. The molecule has 1 aliphatic carbocycles. The van der Waals surface area contributed by atoms with E-state index in [0.29, 0.717) is 12.8 Å². The van der Waals surface area contributed by atoms with Crippen molar-refractivity contribution in [1.29, 1.82) is 0 Å². The second-order valence-electron chi connectivity index (χ2n) is 4.79. The van der Waals surface area contributed by atoms with E-state index in [1.54, 1.807) is 0 Å². The van der Waals surface area contributed by atoms with E-state index in [2.05, 4.69) is 13.8 Å². The van der Waals surface area contributed by atoms with Gasteiger partial charge in [-0.05, 0) is 31.1 Å². The highest BCUT2D eigenvalue weighted by molar-refractivity contribution is 7.69. The van der Waals surface area contributed by atoms with Crippen molar-refractivity contribution in [3.63, 3.8) is 0 Å². The van der Waals surface area contributed by atoms with E-state index < -0.39 is 13.3 Å². The summed E-state index contributed by atoms with van der Waals surface area (Å²) < 4.78 is 15.3. The van der Waals surface area contributed by atoms with Gasteiger partial charge in [0.15, 0.2) is 0 Å². The molecule has 6 heteroatoms. The lowest BCUT2D eigenvalue weighted by Crippen LogP contribution is -2.27. The molecule has 5 nitrogen and oxygen atoms in total. The van der Waals surface area contributed by atoms with Gasteiger partial charge >= 0.3 is 13.3 Å². The van der Waals surface area contributed by atoms with Crippen LogP contribution < -0.4 is 0 Å². The Morgan fingerprint density at radius 2 is 1.80 bits per heavy atom. The molecule has 0 aliphatic heterocycles. The van der Waals surface area contributed by atoms with E-state index >= 15 is 0 Å². The Balaban J connectivity index is 2.43. The molecule has 0 amide bonds. The molecule has 0 saturated heterocycles. The lowest BCUT2D eigenvalue weighted by Gasteiger charge is -2.33. The molecule has 0 radical (unpaired) electrons. The summed E-state index contributed by atoms with van der Waals surface area (Å²) in [6.45, 7) is 4.27. The highest BCUT2D eigenvalue weighted by Crippen LogP contribution is 2.41. The molecule has 2 N–H and O–H groups in total. The minimum atomic E-state index is -4.72. The zero-order valence-electron chi connectivity index (χ0n) is 8.97. The van der Waals surface area contributed by atoms with Gasteiger partial charge in [0.2, 0.25) is 0 Å². The second-order valence-corrected chi connectivity index (χ2v) is 6.24. The molecule has 1 rings (SSSR count). The van der Waals surface area contributed by atoms with Gasteiger partial charge in [0.1, 0.15) is 6.10 Å². The Morgan fingerprint density at radius 1 is 1.33 bits per heavy atom. The number of rotatable bonds is 2. The fourth-order valence-electron chi connectivity index (χ4n) is 1.70. The number of hydrogen-bond donors (Lipinski definition) is 2. The molecule has 0 unspecified atom stereocenters. The topological polar surface area (TPSA) is 83.8 Å². The van der Waals surface area contributed by atoms with Gasteiger partial charge in [0, 0.05) is 0 Å². The van der Waals surface area contributed by atoms with Gasteiger partial charge in [0.25, 0.3) is 0 Å². The summed E-state index contributed by atoms with van der Waals surface area (Å²) in [5.41, 5.74) is -1.16. The van der Waals surface area contributed by atoms with Crippen LogP contribution in [0.2, 0.25) is 0 Å². The van der Waals surface area contributed by atoms with Crippen molar-refractivity contribution in [2.24, 2.45) is 5.41 Å². The van der Waals surface area contributed by atoms with Gasteiger partial charge in [-0.2, -0.15) is 0 Å². The lowest BCUT2D eigenvalue weighted by atomic mass is 9.76. The fraction of sp³-hybridized carbons (Fsp3) is 0.889. The van der Waals surface area contributed by atoms with Gasteiger partial charge in [-0.25, -0.2) is 9.36 Å². The molecule has 1 saturated carbocycles. The molecule has 0 aromatic heterocycles. The molecule has 1 aliphatic rings. The summed E-state index contributed by atoms with van der Waals surface area (Å²) in [6.07, 6.45) is 2.84. The SMILES string of the molecule is CC1(C)CCC(OC(=O)P(=O)(O)O)CC1. The summed E-state index contributed by atoms with van der Waals surface area (Å²) in [4.78, 5) is 28.0. The van der Waals surface area contributed by atoms with E-state index in [4.69, 9.17) is 14.5 Å². The van der Waals surface area contributed by atoms with E-state index in [9.17, 15) is 9.36 Å². The molecule has 88 valence electrons. The first-order valence-electron chi connectivity index (χ1n) is 4.97. The molecule has 0 atom stereocenters. The highest BCUT2D eigenvalue weighted by Gasteiger charge is 2.34. The normalized spacial score (nSPS) is 22.4. The zero-order valence-corrected chi connectivity index (χ0v) is 9.87. The second kappa shape index (κ2) is 4.24. The summed E-state index contributed by atoms with van der Waals surface area (Å²) in [5.74, 6) is 0. The predicted molar refractivity (Wildman–Crippen MR) is 54.6 cm³/mol.